The van der Waals surface area contributed by atoms with Crippen molar-refractivity contribution in [1.29, 1.82) is 0 Å². The molecular formula is C12H13BrN4O. The van der Waals surface area contributed by atoms with Crippen molar-refractivity contribution in [3.8, 4) is 0 Å². The van der Waals surface area contributed by atoms with E-state index in [2.05, 4.69) is 26.0 Å². The molecule has 1 fully saturated rings. The topological polar surface area (TPSA) is 50.5 Å². The Morgan fingerprint density at radius 3 is 3.06 bits per heavy atom. The van der Waals surface area contributed by atoms with Crippen LogP contribution >= 0.6 is 15.9 Å². The summed E-state index contributed by atoms with van der Waals surface area (Å²) in [4.78, 5) is 18.5. The van der Waals surface area contributed by atoms with Gasteiger partial charge in [-0.15, -0.1) is 0 Å². The highest BCUT2D eigenvalue weighted by Gasteiger charge is 2.33. The van der Waals surface area contributed by atoms with E-state index in [-0.39, 0.29) is 5.91 Å². The van der Waals surface area contributed by atoms with Crippen LogP contribution in [0.15, 0.2) is 24.8 Å². The molecule has 0 spiro atoms. The second-order valence-electron chi connectivity index (χ2n) is 4.38. The van der Waals surface area contributed by atoms with Crippen molar-refractivity contribution in [1.82, 2.24) is 19.5 Å². The van der Waals surface area contributed by atoms with Crippen molar-refractivity contribution < 1.29 is 4.79 Å². The molecule has 1 amide bonds. The third-order valence-corrected chi connectivity index (χ3v) is 3.48. The molecule has 0 unspecified atom stereocenters. The van der Waals surface area contributed by atoms with Crippen molar-refractivity contribution >= 4 is 27.4 Å². The van der Waals surface area contributed by atoms with Crippen molar-refractivity contribution in [2.75, 3.05) is 11.9 Å². The van der Waals surface area contributed by atoms with Gasteiger partial charge in [0.1, 0.15) is 0 Å². The second-order valence-corrected chi connectivity index (χ2v) is 5.18. The van der Waals surface area contributed by atoms with Gasteiger partial charge in [-0.3, -0.25) is 9.78 Å². The standard InChI is InChI=1S/C12H13BrN4O/c13-3-5-16(9-1-2-9)12(18)10-7-15-17-6-4-14-8-11(10)17/h4,6-9H,1-3,5H2. The van der Waals surface area contributed by atoms with E-state index in [1.54, 1.807) is 29.3 Å². The Labute approximate surface area is 113 Å². The minimum Gasteiger partial charge on any atom is -0.335 e. The first kappa shape index (κ1) is 11.6. The van der Waals surface area contributed by atoms with Crippen molar-refractivity contribution in [2.24, 2.45) is 0 Å². The number of aromatic nitrogens is 3. The summed E-state index contributed by atoms with van der Waals surface area (Å²) in [5, 5.41) is 4.98. The van der Waals surface area contributed by atoms with Gasteiger partial charge in [0, 0.05) is 30.3 Å². The predicted molar refractivity (Wildman–Crippen MR) is 70.8 cm³/mol. The number of nitrogens with zero attached hydrogens (tertiary/aromatic N) is 4. The Balaban J connectivity index is 1.95. The lowest BCUT2D eigenvalue weighted by Gasteiger charge is -2.20. The first-order chi connectivity index (χ1) is 8.81. The molecule has 6 heteroatoms. The summed E-state index contributed by atoms with van der Waals surface area (Å²) < 4.78 is 1.68. The molecule has 18 heavy (non-hydrogen) atoms. The third-order valence-electron chi connectivity index (χ3n) is 3.13. The fraction of sp³-hybridized carbons (Fsp3) is 0.417. The Morgan fingerprint density at radius 2 is 2.33 bits per heavy atom. The molecule has 1 saturated carbocycles. The minimum absolute atomic E-state index is 0.0555. The molecule has 0 N–H and O–H groups in total. The van der Waals surface area contributed by atoms with Gasteiger partial charge in [0.25, 0.3) is 5.91 Å². The molecule has 0 atom stereocenters. The van der Waals surface area contributed by atoms with Crippen LogP contribution in [0.3, 0.4) is 0 Å². The number of carbonyl (C=O) groups is 1. The van der Waals surface area contributed by atoms with Crippen LogP contribution in [0.5, 0.6) is 0 Å². The Bertz CT molecular complexity index is 578. The van der Waals surface area contributed by atoms with E-state index < -0.39 is 0 Å². The van der Waals surface area contributed by atoms with Gasteiger partial charge in [-0.2, -0.15) is 5.10 Å². The van der Waals surface area contributed by atoms with Gasteiger partial charge in [0.2, 0.25) is 0 Å². The molecule has 2 aromatic heterocycles. The molecule has 94 valence electrons. The van der Waals surface area contributed by atoms with Gasteiger partial charge in [-0.1, -0.05) is 15.9 Å². The average Bonchev–Trinajstić information content (AvgIpc) is 3.14. The Kier molecular flexibility index (Phi) is 3.03. The number of amides is 1. The fourth-order valence-electron chi connectivity index (χ4n) is 2.08. The van der Waals surface area contributed by atoms with Gasteiger partial charge >= 0.3 is 0 Å². The van der Waals surface area contributed by atoms with Gasteiger partial charge in [0.05, 0.1) is 23.5 Å². The summed E-state index contributed by atoms with van der Waals surface area (Å²) in [6.45, 7) is 0.737. The zero-order valence-corrected chi connectivity index (χ0v) is 11.4. The number of alkyl halides is 1. The summed E-state index contributed by atoms with van der Waals surface area (Å²) in [5.74, 6) is 0.0555. The maximum absolute atomic E-state index is 12.5. The zero-order chi connectivity index (χ0) is 12.5. The third kappa shape index (κ3) is 2.01. The van der Waals surface area contributed by atoms with Gasteiger partial charge in [-0.05, 0) is 12.8 Å². The molecule has 1 aliphatic rings. The van der Waals surface area contributed by atoms with Crippen LogP contribution in [0.1, 0.15) is 23.2 Å². The lowest BCUT2D eigenvalue weighted by molar-refractivity contribution is 0.0756. The monoisotopic (exact) mass is 308 g/mol. The maximum atomic E-state index is 12.5. The van der Waals surface area contributed by atoms with Crippen LogP contribution in [-0.2, 0) is 0 Å². The average molecular weight is 309 g/mol. The fourth-order valence-corrected chi connectivity index (χ4v) is 2.46. The molecule has 2 aromatic rings. The van der Waals surface area contributed by atoms with E-state index in [4.69, 9.17) is 0 Å². The molecule has 0 radical (unpaired) electrons. The van der Waals surface area contributed by atoms with Gasteiger partial charge in [0.15, 0.2) is 0 Å². The van der Waals surface area contributed by atoms with Crippen molar-refractivity contribution in [2.45, 2.75) is 18.9 Å². The van der Waals surface area contributed by atoms with E-state index in [0.717, 1.165) is 30.2 Å². The number of fused-ring (bicyclic) bond motifs is 1. The zero-order valence-electron chi connectivity index (χ0n) is 9.79. The first-order valence-electron chi connectivity index (χ1n) is 5.95. The summed E-state index contributed by atoms with van der Waals surface area (Å²) in [6, 6.07) is 0.404. The van der Waals surface area contributed by atoms with Crippen LogP contribution in [0.2, 0.25) is 0 Å². The molecule has 2 heterocycles. The van der Waals surface area contributed by atoms with Crippen molar-refractivity contribution in [3.05, 3.63) is 30.4 Å². The van der Waals surface area contributed by atoms with Crippen LogP contribution in [0, 0.1) is 0 Å². The number of carbonyl (C=O) groups excluding carboxylic acids is 1. The SMILES string of the molecule is O=C(c1cnn2ccncc12)N(CCBr)C1CC1. The molecule has 0 bridgehead atoms. The van der Waals surface area contributed by atoms with E-state index >= 15 is 0 Å². The molecule has 0 saturated heterocycles. The van der Waals surface area contributed by atoms with E-state index in [0.29, 0.717) is 11.6 Å². The molecular weight excluding hydrogens is 296 g/mol. The summed E-state index contributed by atoms with van der Waals surface area (Å²) in [5.41, 5.74) is 1.40. The molecule has 0 aliphatic heterocycles. The van der Waals surface area contributed by atoms with Crippen LogP contribution < -0.4 is 0 Å². The van der Waals surface area contributed by atoms with Crippen LogP contribution in [-0.4, -0.2) is 43.3 Å². The number of rotatable bonds is 4. The summed E-state index contributed by atoms with van der Waals surface area (Å²) >= 11 is 3.40. The lowest BCUT2D eigenvalue weighted by atomic mass is 10.2. The number of halogens is 1. The number of hydrogen-bond donors (Lipinski definition) is 0. The highest BCUT2D eigenvalue weighted by Crippen LogP contribution is 2.28. The van der Waals surface area contributed by atoms with Crippen LogP contribution in [0.4, 0.5) is 0 Å². The first-order valence-corrected chi connectivity index (χ1v) is 7.07. The molecule has 3 rings (SSSR count). The smallest absolute Gasteiger partial charge is 0.258 e. The predicted octanol–water partition coefficient (Wildman–Crippen LogP) is 1.73. The molecule has 0 aromatic carbocycles. The normalized spacial score (nSPS) is 14.9. The van der Waals surface area contributed by atoms with E-state index in [1.165, 1.54) is 0 Å². The van der Waals surface area contributed by atoms with Crippen LogP contribution in [0.25, 0.3) is 5.52 Å². The highest BCUT2D eigenvalue weighted by atomic mass is 79.9. The minimum atomic E-state index is 0.0555. The number of hydrogen-bond acceptors (Lipinski definition) is 3. The van der Waals surface area contributed by atoms with E-state index in [1.807, 2.05) is 4.90 Å². The van der Waals surface area contributed by atoms with Crippen molar-refractivity contribution in [3.63, 3.8) is 0 Å². The Morgan fingerprint density at radius 1 is 1.50 bits per heavy atom. The maximum Gasteiger partial charge on any atom is 0.258 e. The molecule has 1 aliphatic carbocycles. The quantitative estimate of drug-likeness (QED) is 0.808. The molecule has 5 nitrogen and oxygen atoms in total. The highest BCUT2D eigenvalue weighted by molar-refractivity contribution is 9.09. The van der Waals surface area contributed by atoms with Gasteiger partial charge in [-0.25, -0.2) is 4.52 Å². The summed E-state index contributed by atoms with van der Waals surface area (Å²) in [6.07, 6.45) is 8.93. The van der Waals surface area contributed by atoms with E-state index in [9.17, 15) is 4.79 Å². The largest absolute Gasteiger partial charge is 0.335 e. The van der Waals surface area contributed by atoms with Gasteiger partial charge < -0.3 is 4.90 Å². The summed E-state index contributed by atoms with van der Waals surface area (Å²) in [7, 11) is 0. The lowest BCUT2D eigenvalue weighted by Crippen LogP contribution is -2.34. The second kappa shape index (κ2) is 4.68. The Hall–Kier alpha value is -1.43.